The van der Waals surface area contributed by atoms with E-state index in [1.165, 1.54) is 12.1 Å². The van der Waals surface area contributed by atoms with Crippen molar-refractivity contribution in [3.63, 3.8) is 0 Å². The Labute approximate surface area is 110 Å². The van der Waals surface area contributed by atoms with Crippen molar-refractivity contribution < 1.29 is 9.53 Å². The zero-order chi connectivity index (χ0) is 12.8. The highest BCUT2D eigenvalue weighted by atomic mass is 35.5. The van der Waals surface area contributed by atoms with E-state index >= 15 is 0 Å². The lowest BCUT2D eigenvalue weighted by Crippen LogP contribution is -2.27. The molecule has 1 aromatic carbocycles. The number of carbonyl (C=O) groups excluding carboxylic acids is 1. The highest BCUT2D eigenvalue weighted by Crippen LogP contribution is 2.28. The molecule has 0 saturated heterocycles. The number of halogens is 2. The minimum Gasteiger partial charge on any atom is -0.396 e. The molecule has 4 nitrogen and oxygen atoms in total. The Kier molecular flexibility index (Phi) is 5.55. The van der Waals surface area contributed by atoms with Crippen LogP contribution in [0.4, 0.5) is 5.69 Å². The maximum Gasteiger partial charge on any atom is 0.251 e. The van der Waals surface area contributed by atoms with Crippen molar-refractivity contribution in [2.24, 2.45) is 0 Å². The molecule has 0 radical (unpaired) electrons. The van der Waals surface area contributed by atoms with Gasteiger partial charge in [-0.1, -0.05) is 23.2 Å². The predicted octanol–water partition coefficient (Wildman–Crippen LogP) is 2.34. The number of hydrogen-bond acceptors (Lipinski definition) is 3. The lowest BCUT2D eigenvalue weighted by Gasteiger charge is -2.07. The van der Waals surface area contributed by atoms with Crippen molar-refractivity contribution in [2.75, 3.05) is 25.5 Å². The molecule has 1 aromatic rings. The normalized spacial score (nSPS) is 10.3. The average Bonchev–Trinajstić information content (AvgIpc) is 2.30. The Bertz CT molecular complexity index is 387. The van der Waals surface area contributed by atoms with Gasteiger partial charge in [0.05, 0.1) is 22.3 Å². The smallest absolute Gasteiger partial charge is 0.251 e. The van der Waals surface area contributed by atoms with Gasteiger partial charge in [-0.2, -0.15) is 0 Å². The van der Waals surface area contributed by atoms with Gasteiger partial charge in [0, 0.05) is 18.7 Å². The monoisotopic (exact) mass is 276 g/mol. The van der Waals surface area contributed by atoms with Crippen LogP contribution in [0.5, 0.6) is 0 Å². The highest BCUT2D eigenvalue weighted by molar-refractivity contribution is 6.39. The van der Waals surface area contributed by atoms with Gasteiger partial charge in [0.25, 0.3) is 5.91 Å². The van der Waals surface area contributed by atoms with E-state index in [1.807, 2.05) is 6.92 Å². The second kappa shape index (κ2) is 6.69. The van der Waals surface area contributed by atoms with Crippen LogP contribution in [-0.4, -0.2) is 25.7 Å². The number of carbonyl (C=O) groups is 1. The van der Waals surface area contributed by atoms with E-state index in [0.717, 1.165) is 0 Å². The molecular weight excluding hydrogens is 263 g/mol. The number of anilines is 1. The first-order valence-electron chi connectivity index (χ1n) is 5.16. The van der Waals surface area contributed by atoms with Crippen molar-refractivity contribution in [1.29, 1.82) is 0 Å². The molecule has 17 heavy (non-hydrogen) atoms. The van der Waals surface area contributed by atoms with Crippen molar-refractivity contribution >= 4 is 34.8 Å². The number of nitrogens with two attached hydrogens (primary N) is 1. The lowest BCUT2D eigenvalue weighted by atomic mass is 10.2. The Hall–Kier alpha value is -0.970. The van der Waals surface area contributed by atoms with Crippen LogP contribution in [0.25, 0.3) is 0 Å². The third-order valence-corrected chi connectivity index (χ3v) is 2.70. The zero-order valence-electron chi connectivity index (χ0n) is 9.43. The molecule has 0 aliphatic heterocycles. The summed E-state index contributed by atoms with van der Waals surface area (Å²) in [5, 5.41) is 3.23. The van der Waals surface area contributed by atoms with Crippen LogP contribution in [0.3, 0.4) is 0 Å². The molecule has 1 rings (SSSR count). The fraction of sp³-hybridized carbons (Fsp3) is 0.364. The van der Waals surface area contributed by atoms with E-state index < -0.39 is 0 Å². The summed E-state index contributed by atoms with van der Waals surface area (Å²) >= 11 is 11.7. The van der Waals surface area contributed by atoms with E-state index in [9.17, 15) is 4.79 Å². The van der Waals surface area contributed by atoms with Gasteiger partial charge in [0.1, 0.15) is 0 Å². The van der Waals surface area contributed by atoms with Crippen LogP contribution in [0.1, 0.15) is 17.3 Å². The Morgan fingerprint density at radius 1 is 1.41 bits per heavy atom. The summed E-state index contributed by atoms with van der Waals surface area (Å²) < 4.78 is 5.10. The summed E-state index contributed by atoms with van der Waals surface area (Å²) in [4.78, 5) is 11.7. The summed E-state index contributed by atoms with van der Waals surface area (Å²) in [5.74, 6) is -0.256. The maximum absolute atomic E-state index is 11.7. The second-order valence-corrected chi connectivity index (χ2v) is 4.12. The molecule has 0 aliphatic carbocycles. The number of rotatable bonds is 5. The average molecular weight is 277 g/mol. The van der Waals surface area contributed by atoms with Crippen LogP contribution in [0.15, 0.2) is 12.1 Å². The molecule has 0 bridgehead atoms. The quantitative estimate of drug-likeness (QED) is 0.641. The van der Waals surface area contributed by atoms with Crippen molar-refractivity contribution in [3.8, 4) is 0 Å². The third-order valence-electron chi connectivity index (χ3n) is 2.08. The van der Waals surface area contributed by atoms with Crippen molar-refractivity contribution in [2.45, 2.75) is 6.92 Å². The Balaban J connectivity index is 2.63. The summed E-state index contributed by atoms with van der Waals surface area (Å²) in [6.07, 6.45) is 0. The number of benzene rings is 1. The first kappa shape index (κ1) is 14.1. The Morgan fingerprint density at radius 3 is 2.53 bits per heavy atom. The number of hydrogen-bond donors (Lipinski definition) is 2. The number of nitrogen functional groups attached to an aromatic ring is 1. The van der Waals surface area contributed by atoms with Crippen LogP contribution < -0.4 is 11.1 Å². The summed E-state index contributed by atoms with van der Waals surface area (Å²) in [7, 11) is 0. The molecule has 3 N–H and O–H groups in total. The molecule has 0 spiro atoms. The van der Waals surface area contributed by atoms with Crippen LogP contribution >= 0.6 is 23.2 Å². The second-order valence-electron chi connectivity index (χ2n) is 3.31. The molecule has 94 valence electrons. The molecule has 1 amide bonds. The van der Waals surface area contributed by atoms with Gasteiger partial charge < -0.3 is 15.8 Å². The minimum absolute atomic E-state index is 0.256. The standard InChI is InChI=1S/C11H14Cl2N2O2/c1-2-17-4-3-15-11(16)7-5-8(12)10(14)9(13)6-7/h5-6H,2-4,14H2,1H3,(H,15,16). The van der Waals surface area contributed by atoms with E-state index in [-0.39, 0.29) is 21.6 Å². The van der Waals surface area contributed by atoms with Gasteiger partial charge in [-0.3, -0.25) is 4.79 Å². The zero-order valence-corrected chi connectivity index (χ0v) is 10.9. The highest BCUT2D eigenvalue weighted by Gasteiger charge is 2.10. The van der Waals surface area contributed by atoms with Gasteiger partial charge in [-0.05, 0) is 19.1 Å². The van der Waals surface area contributed by atoms with Crippen LogP contribution in [-0.2, 0) is 4.74 Å². The molecule has 0 unspecified atom stereocenters. The number of ether oxygens (including phenoxy) is 1. The summed E-state index contributed by atoms with van der Waals surface area (Å²) in [6.45, 7) is 3.42. The van der Waals surface area contributed by atoms with E-state index in [4.69, 9.17) is 33.7 Å². The summed E-state index contributed by atoms with van der Waals surface area (Å²) in [6, 6.07) is 2.97. The number of nitrogens with one attached hydrogen (secondary N) is 1. The first-order valence-corrected chi connectivity index (χ1v) is 5.92. The molecule has 0 aliphatic rings. The predicted molar refractivity (Wildman–Crippen MR) is 69.7 cm³/mol. The summed E-state index contributed by atoms with van der Waals surface area (Å²) in [5.41, 5.74) is 6.23. The van der Waals surface area contributed by atoms with E-state index in [2.05, 4.69) is 5.32 Å². The van der Waals surface area contributed by atoms with E-state index in [0.29, 0.717) is 25.3 Å². The van der Waals surface area contributed by atoms with Crippen LogP contribution in [0.2, 0.25) is 10.0 Å². The number of amides is 1. The fourth-order valence-electron chi connectivity index (χ4n) is 1.20. The maximum atomic E-state index is 11.7. The van der Waals surface area contributed by atoms with Crippen LogP contribution in [0, 0.1) is 0 Å². The van der Waals surface area contributed by atoms with Crippen molar-refractivity contribution in [3.05, 3.63) is 27.7 Å². The third kappa shape index (κ3) is 4.07. The fourth-order valence-corrected chi connectivity index (χ4v) is 1.69. The topological polar surface area (TPSA) is 64.3 Å². The molecule has 6 heteroatoms. The molecular formula is C11H14Cl2N2O2. The lowest BCUT2D eigenvalue weighted by molar-refractivity contribution is 0.0922. The van der Waals surface area contributed by atoms with E-state index in [1.54, 1.807) is 0 Å². The molecule has 0 aromatic heterocycles. The molecule has 0 fully saturated rings. The van der Waals surface area contributed by atoms with Gasteiger partial charge in [0.2, 0.25) is 0 Å². The van der Waals surface area contributed by atoms with Gasteiger partial charge >= 0.3 is 0 Å². The SMILES string of the molecule is CCOCCNC(=O)c1cc(Cl)c(N)c(Cl)c1. The van der Waals surface area contributed by atoms with Gasteiger partial charge in [0.15, 0.2) is 0 Å². The molecule has 0 saturated carbocycles. The largest absolute Gasteiger partial charge is 0.396 e. The first-order chi connectivity index (χ1) is 8.06. The molecule has 0 atom stereocenters. The van der Waals surface area contributed by atoms with Crippen molar-refractivity contribution in [1.82, 2.24) is 5.32 Å². The van der Waals surface area contributed by atoms with Gasteiger partial charge in [-0.25, -0.2) is 0 Å². The minimum atomic E-state index is -0.256. The van der Waals surface area contributed by atoms with Gasteiger partial charge in [-0.15, -0.1) is 0 Å². The Morgan fingerprint density at radius 2 is 2.00 bits per heavy atom. The molecule has 0 heterocycles.